The fraction of sp³-hybridized carbons (Fsp3) is 0.444. The number of aromatic nitrogens is 2. The maximum atomic E-state index is 13.6. The Morgan fingerprint density at radius 1 is 1.48 bits per heavy atom. The van der Waals surface area contributed by atoms with E-state index >= 15 is 0 Å². The molecule has 0 spiro atoms. The smallest absolute Gasteiger partial charge is 0.226 e. The lowest BCUT2D eigenvalue weighted by atomic mass is 9.92. The Morgan fingerprint density at radius 2 is 2.32 bits per heavy atom. The summed E-state index contributed by atoms with van der Waals surface area (Å²) in [5.74, 6) is 0.347. The molecule has 0 bridgehead atoms. The molecule has 7 heteroatoms. The average Bonchev–Trinajstić information content (AvgIpc) is 3.05. The molecule has 0 aliphatic carbocycles. The first-order chi connectivity index (χ1) is 12.1. The van der Waals surface area contributed by atoms with Crippen molar-refractivity contribution in [2.45, 2.75) is 25.5 Å². The van der Waals surface area contributed by atoms with E-state index in [1.807, 2.05) is 17.8 Å². The third kappa shape index (κ3) is 3.99. The topological polar surface area (TPSA) is 65.4 Å². The van der Waals surface area contributed by atoms with Gasteiger partial charge in [0.15, 0.2) is 0 Å². The molecule has 2 atom stereocenters. The number of rotatable bonds is 5. The van der Waals surface area contributed by atoms with Crippen LogP contribution in [0.5, 0.6) is 5.75 Å². The minimum absolute atomic E-state index is 0.115. The summed E-state index contributed by atoms with van der Waals surface area (Å²) >= 11 is 0. The lowest BCUT2D eigenvalue weighted by molar-refractivity contribution is -0.135. The summed E-state index contributed by atoms with van der Waals surface area (Å²) in [5, 5.41) is 2.88. The monoisotopic (exact) mass is 347 g/mol. The Hall–Kier alpha value is -2.41. The van der Waals surface area contributed by atoms with E-state index in [-0.39, 0.29) is 24.5 Å². The first kappa shape index (κ1) is 17.4. The predicted molar refractivity (Wildman–Crippen MR) is 89.4 cm³/mol. The average molecular weight is 347 g/mol. The molecule has 1 N–H and O–H groups in total. The molecule has 1 aromatic heterocycles. The summed E-state index contributed by atoms with van der Waals surface area (Å²) in [6.07, 6.45) is 4.72. The molecule has 2 heterocycles. The van der Waals surface area contributed by atoms with Crippen LogP contribution in [0.15, 0.2) is 30.6 Å². The minimum atomic E-state index is -0.393. The molecule has 0 radical (unpaired) electrons. The molecule has 1 aliphatic rings. The summed E-state index contributed by atoms with van der Waals surface area (Å²) in [4.78, 5) is 17.0. The summed E-state index contributed by atoms with van der Waals surface area (Å²) in [6, 6.07) is 4.39. The van der Waals surface area contributed by atoms with Crippen LogP contribution in [0.1, 0.15) is 30.3 Å². The van der Waals surface area contributed by atoms with Crippen LogP contribution >= 0.6 is 0 Å². The number of nitrogens with zero attached hydrogens (tertiary/aromatic N) is 2. The highest BCUT2D eigenvalue weighted by molar-refractivity contribution is 5.79. The summed E-state index contributed by atoms with van der Waals surface area (Å²) in [7, 11) is 3.36. The largest absolute Gasteiger partial charge is 0.497 e. The number of carbonyl (C=O) groups excluding carboxylic acids is 1. The van der Waals surface area contributed by atoms with Crippen molar-refractivity contribution in [3.05, 3.63) is 47.8 Å². The fourth-order valence-corrected chi connectivity index (χ4v) is 3.12. The van der Waals surface area contributed by atoms with Gasteiger partial charge in [-0.05, 0) is 30.5 Å². The van der Waals surface area contributed by atoms with Crippen LogP contribution in [0.2, 0.25) is 0 Å². The van der Waals surface area contributed by atoms with E-state index in [0.717, 1.165) is 18.7 Å². The van der Waals surface area contributed by atoms with E-state index in [1.54, 1.807) is 12.3 Å². The van der Waals surface area contributed by atoms with Gasteiger partial charge in [0.2, 0.25) is 5.91 Å². The Bertz CT molecular complexity index is 747. The maximum Gasteiger partial charge on any atom is 0.226 e. The van der Waals surface area contributed by atoms with Gasteiger partial charge in [-0.2, -0.15) is 0 Å². The van der Waals surface area contributed by atoms with Crippen molar-refractivity contribution in [2.24, 2.45) is 13.0 Å². The number of ether oxygens (including phenoxy) is 2. The Kier molecular flexibility index (Phi) is 5.33. The molecule has 1 aromatic carbocycles. The van der Waals surface area contributed by atoms with Crippen molar-refractivity contribution in [1.82, 2.24) is 14.9 Å². The Balaban J connectivity index is 1.69. The van der Waals surface area contributed by atoms with Gasteiger partial charge in [-0.25, -0.2) is 9.37 Å². The van der Waals surface area contributed by atoms with Gasteiger partial charge in [0.1, 0.15) is 23.5 Å². The second kappa shape index (κ2) is 7.65. The van der Waals surface area contributed by atoms with Gasteiger partial charge in [-0.1, -0.05) is 0 Å². The SMILES string of the molecule is COc1cc(F)cc(CNC(=O)[C@@H]2CCCO[C@H]2c2nccn2C)c1. The molecular weight excluding hydrogens is 325 g/mol. The van der Waals surface area contributed by atoms with E-state index in [2.05, 4.69) is 10.3 Å². The van der Waals surface area contributed by atoms with Gasteiger partial charge in [0.05, 0.1) is 13.0 Å². The van der Waals surface area contributed by atoms with E-state index < -0.39 is 5.82 Å². The van der Waals surface area contributed by atoms with Crippen molar-refractivity contribution in [1.29, 1.82) is 0 Å². The van der Waals surface area contributed by atoms with Crippen LogP contribution in [0.4, 0.5) is 4.39 Å². The van der Waals surface area contributed by atoms with Crippen LogP contribution in [0.25, 0.3) is 0 Å². The quantitative estimate of drug-likeness (QED) is 0.902. The standard InChI is InChI=1S/C18H22FN3O3/c1-22-6-5-20-17(22)16-15(4-3-7-25-16)18(23)21-11-12-8-13(19)10-14(9-12)24-2/h5-6,8-10,15-16H,3-4,7,11H2,1-2H3,(H,21,23)/t15-,16-/m1/s1. The third-order valence-electron chi connectivity index (χ3n) is 4.41. The number of amides is 1. The second-order valence-electron chi connectivity index (χ2n) is 6.15. The summed E-state index contributed by atoms with van der Waals surface area (Å²) < 4.78 is 26.3. The van der Waals surface area contributed by atoms with E-state index in [4.69, 9.17) is 9.47 Å². The Labute approximate surface area is 146 Å². The summed E-state index contributed by atoms with van der Waals surface area (Å²) in [5.41, 5.74) is 0.649. The van der Waals surface area contributed by atoms with Crippen molar-refractivity contribution >= 4 is 5.91 Å². The molecule has 1 amide bonds. The molecule has 0 unspecified atom stereocenters. The Morgan fingerprint density at radius 3 is 3.04 bits per heavy atom. The lowest BCUT2D eigenvalue weighted by Gasteiger charge is -2.30. The number of benzene rings is 1. The highest BCUT2D eigenvalue weighted by atomic mass is 19.1. The second-order valence-corrected chi connectivity index (χ2v) is 6.15. The van der Waals surface area contributed by atoms with Crippen molar-refractivity contribution in [3.8, 4) is 5.75 Å². The van der Waals surface area contributed by atoms with Gasteiger partial charge in [-0.3, -0.25) is 4.79 Å². The van der Waals surface area contributed by atoms with Gasteiger partial charge in [0.25, 0.3) is 0 Å². The number of aryl methyl sites for hydroxylation is 1. The van der Waals surface area contributed by atoms with Gasteiger partial charge in [-0.15, -0.1) is 0 Å². The van der Waals surface area contributed by atoms with Crippen molar-refractivity contribution in [3.63, 3.8) is 0 Å². The number of hydrogen-bond donors (Lipinski definition) is 1. The van der Waals surface area contributed by atoms with Crippen LogP contribution in [0, 0.1) is 11.7 Å². The normalized spacial score (nSPS) is 20.3. The zero-order valence-corrected chi connectivity index (χ0v) is 14.4. The van der Waals surface area contributed by atoms with Crippen molar-refractivity contribution in [2.75, 3.05) is 13.7 Å². The molecule has 1 saturated heterocycles. The molecular formula is C18H22FN3O3. The zero-order chi connectivity index (χ0) is 17.8. The number of halogens is 1. The maximum absolute atomic E-state index is 13.6. The van der Waals surface area contributed by atoms with Crippen LogP contribution in [0.3, 0.4) is 0 Å². The van der Waals surface area contributed by atoms with E-state index in [1.165, 1.54) is 19.2 Å². The number of carbonyl (C=O) groups is 1. The van der Waals surface area contributed by atoms with Crippen LogP contribution < -0.4 is 10.1 Å². The first-order valence-corrected chi connectivity index (χ1v) is 8.28. The molecule has 0 saturated carbocycles. The minimum Gasteiger partial charge on any atom is -0.497 e. The molecule has 3 rings (SSSR count). The number of imidazole rings is 1. The number of nitrogens with one attached hydrogen (secondary N) is 1. The third-order valence-corrected chi connectivity index (χ3v) is 4.41. The fourth-order valence-electron chi connectivity index (χ4n) is 3.12. The van der Waals surface area contributed by atoms with Crippen LogP contribution in [-0.4, -0.2) is 29.2 Å². The summed E-state index contributed by atoms with van der Waals surface area (Å²) in [6.45, 7) is 0.846. The van der Waals surface area contributed by atoms with E-state index in [0.29, 0.717) is 17.9 Å². The van der Waals surface area contributed by atoms with E-state index in [9.17, 15) is 9.18 Å². The van der Waals surface area contributed by atoms with Crippen LogP contribution in [-0.2, 0) is 23.1 Å². The molecule has 2 aromatic rings. The van der Waals surface area contributed by atoms with Gasteiger partial charge in [0, 0.05) is 38.7 Å². The number of methoxy groups -OCH3 is 1. The molecule has 25 heavy (non-hydrogen) atoms. The zero-order valence-electron chi connectivity index (χ0n) is 14.4. The molecule has 1 aliphatic heterocycles. The van der Waals surface area contributed by atoms with Gasteiger partial charge >= 0.3 is 0 Å². The molecule has 134 valence electrons. The highest BCUT2D eigenvalue weighted by Gasteiger charge is 2.35. The number of hydrogen-bond acceptors (Lipinski definition) is 4. The highest BCUT2D eigenvalue weighted by Crippen LogP contribution is 2.32. The lowest BCUT2D eigenvalue weighted by Crippen LogP contribution is -2.38. The van der Waals surface area contributed by atoms with Crippen molar-refractivity contribution < 1.29 is 18.7 Å². The molecule has 6 nitrogen and oxygen atoms in total. The molecule has 1 fully saturated rings. The van der Waals surface area contributed by atoms with Gasteiger partial charge < -0.3 is 19.4 Å². The predicted octanol–water partition coefficient (Wildman–Crippen LogP) is 2.35. The first-order valence-electron chi connectivity index (χ1n) is 8.28.